The van der Waals surface area contributed by atoms with Crippen LogP contribution in [-0.2, 0) is 0 Å². The largest absolute Gasteiger partial charge is 0.455 e. The van der Waals surface area contributed by atoms with E-state index in [4.69, 9.17) is 16.0 Å². The van der Waals surface area contributed by atoms with E-state index < -0.39 is 4.92 Å². The van der Waals surface area contributed by atoms with Crippen LogP contribution in [0.4, 0.5) is 27.4 Å². The van der Waals surface area contributed by atoms with Crippen molar-refractivity contribution in [3.05, 3.63) is 81.3 Å². The van der Waals surface area contributed by atoms with Gasteiger partial charge in [-0.25, -0.2) is 14.0 Å². The smallest absolute Gasteiger partial charge is 0.288 e. The lowest BCUT2D eigenvalue weighted by atomic mass is 10.1. The van der Waals surface area contributed by atoms with Crippen molar-refractivity contribution in [2.75, 3.05) is 10.7 Å². The van der Waals surface area contributed by atoms with E-state index in [0.29, 0.717) is 22.8 Å². The van der Waals surface area contributed by atoms with Crippen LogP contribution in [0, 0.1) is 15.9 Å². The Labute approximate surface area is 199 Å². The highest BCUT2D eigenvalue weighted by atomic mass is 35.5. The van der Waals surface area contributed by atoms with E-state index in [1.54, 1.807) is 18.2 Å². The van der Waals surface area contributed by atoms with Gasteiger partial charge in [-0.2, -0.15) is 10.1 Å². The van der Waals surface area contributed by atoms with Crippen molar-refractivity contribution in [3.63, 3.8) is 0 Å². The Morgan fingerprint density at radius 1 is 1.03 bits per heavy atom. The first-order valence-corrected chi connectivity index (χ1v) is 10.2. The molecule has 0 unspecified atom stereocenters. The summed E-state index contributed by atoms with van der Waals surface area (Å²) in [5.41, 5.74) is 3.86. The number of nitro groups is 1. The van der Waals surface area contributed by atoms with Gasteiger partial charge in [0.15, 0.2) is 11.6 Å². The molecule has 0 aliphatic carbocycles. The first-order chi connectivity index (χ1) is 17.0. The minimum atomic E-state index is -0.569. The number of halogens is 2. The van der Waals surface area contributed by atoms with Gasteiger partial charge in [0, 0.05) is 17.3 Å². The summed E-state index contributed by atoms with van der Waals surface area (Å²) in [6.07, 6.45) is 1.38. The molecule has 0 amide bonds. The molecule has 12 nitrogen and oxygen atoms in total. The highest BCUT2D eigenvalue weighted by Gasteiger charge is 2.16. The molecule has 5 aromatic rings. The topological polar surface area (TPSA) is 157 Å². The Morgan fingerprint density at radius 2 is 1.77 bits per heavy atom. The van der Waals surface area contributed by atoms with Crippen LogP contribution in [0.15, 0.2) is 68.7 Å². The van der Waals surface area contributed by atoms with Gasteiger partial charge in [-0.05, 0) is 58.8 Å². The fraction of sp³-hybridized carbons (Fsp3) is 0. The molecule has 0 saturated heterocycles. The predicted octanol–water partition coefficient (Wildman–Crippen LogP) is 5.16. The third kappa shape index (κ3) is 4.74. The van der Waals surface area contributed by atoms with Crippen LogP contribution in [0.5, 0.6) is 0 Å². The lowest BCUT2D eigenvalue weighted by Gasteiger charge is -2.09. The number of nitro benzene ring substituents is 1. The van der Waals surface area contributed by atoms with Gasteiger partial charge in [0.25, 0.3) is 5.69 Å². The van der Waals surface area contributed by atoms with Gasteiger partial charge >= 0.3 is 0 Å². The number of nitrogens with one attached hydrogen (secondary N) is 2. The second-order valence-corrected chi connectivity index (χ2v) is 7.37. The molecule has 174 valence electrons. The van der Waals surface area contributed by atoms with Crippen LogP contribution in [0.3, 0.4) is 0 Å². The maximum atomic E-state index is 13.2. The molecule has 0 saturated carbocycles. The fourth-order valence-electron chi connectivity index (χ4n) is 3.01. The van der Waals surface area contributed by atoms with Crippen molar-refractivity contribution < 1.29 is 18.4 Å². The second kappa shape index (κ2) is 9.15. The first-order valence-electron chi connectivity index (χ1n) is 9.82. The number of hydrazone groups is 1. The number of rotatable bonds is 7. The second-order valence-electron chi connectivity index (χ2n) is 6.96. The number of hydrogen-bond acceptors (Lipinski definition) is 11. The number of anilines is 3. The molecule has 5 rings (SSSR count). The molecule has 3 aromatic heterocycles. The molecule has 0 aliphatic heterocycles. The van der Waals surface area contributed by atoms with Gasteiger partial charge in [0.1, 0.15) is 22.4 Å². The van der Waals surface area contributed by atoms with Gasteiger partial charge in [-0.1, -0.05) is 11.6 Å². The minimum absolute atomic E-state index is 0.0294. The van der Waals surface area contributed by atoms with E-state index in [1.807, 2.05) is 0 Å². The molecule has 3 heterocycles. The van der Waals surface area contributed by atoms with Gasteiger partial charge < -0.3 is 9.73 Å². The summed E-state index contributed by atoms with van der Waals surface area (Å²) in [5.74, 6) is 0.793. The molecule has 0 spiro atoms. The summed E-state index contributed by atoms with van der Waals surface area (Å²) in [6, 6.07) is 13.3. The summed E-state index contributed by atoms with van der Waals surface area (Å²) < 4.78 is 23.6. The molecule has 0 atom stereocenters. The number of hydrogen-bond donors (Lipinski definition) is 2. The van der Waals surface area contributed by atoms with Crippen LogP contribution in [0.2, 0.25) is 5.02 Å². The first kappa shape index (κ1) is 21.9. The zero-order valence-electron chi connectivity index (χ0n) is 17.3. The number of nitrogens with zero attached hydrogens (tertiary/aromatic N) is 6. The summed E-state index contributed by atoms with van der Waals surface area (Å²) >= 11 is 5.86. The number of fused-ring (bicyclic) bond motifs is 1. The van der Waals surface area contributed by atoms with E-state index >= 15 is 0 Å². The molecule has 0 aliphatic rings. The van der Waals surface area contributed by atoms with Crippen LogP contribution < -0.4 is 10.7 Å². The van der Waals surface area contributed by atoms with Crippen LogP contribution >= 0.6 is 11.6 Å². The monoisotopic (exact) mass is 494 g/mol. The molecule has 35 heavy (non-hydrogen) atoms. The van der Waals surface area contributed by atoms with Gasteiger partial charge in [-0.15, -0.1) is 0 Å². The predicted molar refractivity (Wildman–Crippen MR) is 124 cm³/mol. The van der Waals surface area contributed by atoms with Crippen molar-refractivity contribution >= 4 is 52.1 Å². The normalized spacial score (nSPS) is 11.3. The van der Waals surface area contributed by atoms with Gasteiger partial charge in [0.2, 0.25) is 11.3 Å². The molecular formula is C21H12ClFN8O4. The van der Waals surface area contributed by atoms with Crippen molar-refractivity contribution in [2.45, 2.75) is 0 Å². The molecule has 0 fully saturated rings. The van der Waals surface area contributed by atoms with Crippen molar-refractivity contribution in [3.8, 4) is 11.3 Å². The van der Waals surface area contributed by atoms with E-state index in [2.05, 4.69) is 40.8 Å². The number of aromatic nitrogens is 4. The Bertz CT molecular complexity index is 1570. The summed E-state index contributed by atoms with van der Waals surface area (Å²) in [5, 5.41) is 25.6. The van der Waals surface area contributed by atoms with E-state index in [1.165, 1.54) is 42.6 Å². The third-order valence-electron chi connectivity index (χ3n) is 4.64. The Kier molecular flexibility index (Phi) is 5.73. The summed E-state index contributed by atoms with van der Waals surface area (Å²) in [4.78, 5) is 19.1. The van der Waals surface area contributed by atoms with Crippen LogP contribution in [-0.4, -0.2) is 31.4 Å². The van der Waals surface area contributed by atoms with E-state index in [-0.39, 0.29) is 39.5 Å². The van der Waals surface area contributed by atoms with E-state index in [0.717, 1.165) is 0 Å². The molecule has 0 bridgehead atoms. The van der Waals surface area contributed by atoms with Crippen molar-refractivity contribution in [1.29, 1.82) is 0 Å². The standard InChI is InChI=1S/C21H12ClFN8O4/c22-15-7-1-11(9-16(15)31(32)33)17-8-6-14(34-17)10-24-28-19-18(25-13-4-2-12(23)3-5-13)26-20-21(27-19)30-35-29-20/h1-10H,(H,25,26,29)(H,27,28,30). The van der Waals surface area contributed by atoms with Crippen LogP contribution in [0.1, 0.15) is 5.76 Å². The Balaban J connectivity index is 1.37. The average molecular weight is 495 g/mol. The average Bonchev–Trinajstić information content (AvgIpc) is 3.50. The number of benzene rings is 2. The molecule has 0 radical (unpaired) electrons. The highest BCUT2D eigenvalue weighted by molar-refractivity contribution is 6.32. The van der Waals surface area contributed by atoms with E-state index in [9.17, 15) is 14.5 Å². The quantitative estimate of drug-likeness (QED) is 0.176. The lowest BCUT2D eigenvalue weighted by Crippen LogP contribution is -2.03. The fourth-order valence-corrected chi connectivity index (χ4v) is 3.20. The summed E-state index contributed by atoms with van der Waals surface area (Å²) in [6.45, 7) is 0. The number of furan rings is 1. The Hall–Kier alpha value is -4.91. The lowest BCUT2D eigenvalue weighted by molar-refractivity contribution is -0.384. The van der Waals surface area contributed by atoms with Crippen LogP contribution in [0.25, 0.3) is 22.6 Å². The maximum absolute atomic E-state index is 13.2. The minimum Gasteiger partial charge on any atom is -0.455 e. The third-order valence-corrected chi connectivity index (χ3v) is 4.96. The van der Waals surface area contributed by atoms with Crippen molar-refractivity contribution in [1.82, 2.24) is 20.3 Å². The highest BCUT2D eigenvalue weighted by Crippen LogP contribution is 2.31. The molecule has 2 N–H and O–H groups in total. The molecular weight excluding hydrogens is 483 g/mol. The molecule has 14 heteroatoms. The van der Waals surface area contributed by atoms with Crippen molar-refractivity contribution in [2.24, 2.45) is 5.10 Å². The zero-order valence-corrected chi connectivity index (χ0v) is 18.1. The zero-order chi connectivity index (χ0) is 24.4. The Morgan fingerprint density at radius 3 is 2.51 bits per heavy atom. The molecule has 2 aromatic carbocycles. The van der Waals surface area contributed by atoms with Gasteiger partial charge in [0.05, 0.1) is 11.1 Å². The summed E-state index contributed by atoms with van der Waals surface area (Å²) in [7, 11) is 0. The van der Waals surface area contributed by atoms with Gasteiger partial charge in [-0.3, -0.25) is 15.5 Å². The SMILES string of the molecule is O=[N+]([O-])c1cc(-c2ccc(C=NNc3nc4nonc4nc3Nc3ccc(F)cc3)o2)ccc1Cl. The maximum Gasteiger partial charge on any atom is 0.288 e.